The monoisotopic (exact) mass is 371 g/mol. The Morgan fingerprint density at radius 1 is 1.23 bits per heavy atom. The summed E-state index contributed by atoms with van der Waals surface area (Å²) < 4.78 is 27.9. The van der Waals surface area contributed by atoms with E-state index in [1.165, 1.54) is 0 Å². The van der Waals surface area contributed by atoms with Crippen molar-refractivity contribution in [2.24, 2.45) is 0 Å². The van der Waals surface area contributed by atoms with Crippen LogP contribution in [-0.4, -0.2) is 42.5 Å². The zero-order valence-corrected chi connectivity index (χ0v) is 15.5. The number of anilines is 1. The van der Waals surface area contributed by atoms with Crippen LogP contribution in [0.4, 0.5) is 5.82 Å². The van der Waals surface area contributed by atoms with Crippen molar-refractivity contribution >= 4 is 26.9 Å². The first-order valence-corrected chi connectivity index (χ1v) is 10.0. The predicted octanol–water partition coefficient (Wildman–Crippen LogP) is 2.21. The topological polar surface area (TPSA) is 91.0 Å². The van der Waals surface area contributed by atoms with Crippen molar-refractivity contribution < 1.29 is 8.42 Å². The largest absolute Gasteiger partial charge is 0.356 e. The molecule has 1 aliphatic rings. The normalized spacial score (nSPS) is 20.1. The lowest BCUT2D eigenvalue weighted by Gasteiger charge is -2.41. The third-order valence-corrected chi connectivity index (χ3v) is 6.47. The summed E-state index contributed by atoms with van der Waals surface area (Å²) in [6.07, 6.45) is 4.88. The molecule has 2 N–H and O–H groups in total. The number of benzene rings is 1. The van der Waals surface area contributed by atoms with Crippen molar-refractivity contribution in [3.63, 3.8) is 0 Å². The average Bonchev–Trinajstić information content (AvgIpc) is 3.06. The Morgan fingerprint density at radius 2 is 2.04 bits per heavy atom. The minimum Gasteiger partial charge on any atom is -0.356 e. The number of aromatic amines is 1. The van der Waals surface area contributed by atoms with Crippen LogP contribution in [0.2, 0.25) is 0 Å². The van der Waals surface area contributed by atoms with Gasteiger partial charge >= 0.3 is 0 Å². The van der Waals surface area contributed by atoms with Crippen LogP contribution in [0.15, 0.2) is 47.8 Å². The van der Waals surface area contributed by atoms with Crippen molar-refractivity contribution in [2.45, 2.75) is 36.7 Å². The second-order valence-corrected chi connectivity index (χ2v) is 8.52. The standard InChI is InChI=1S/C18H21N5O2S/c1-12-4-3-5-15(8-12)26(24,25)22-13-9-14(10-13)23(2)18-16-6-7-19-17(16)20-11-21-18/h3-8,11,13-14,22H,9-10H2,1-2H3,(H,19,20,21). The molecule has 2 heterocycles. The Bertz CT molecular complexity index is 1040. The van der Waals surface area contributed by atoms with Gasteiger partial charge in [-0.1, -0.05) is 12.1 Å². The number of H-pyrrole nitrogens is 1. The number of rotatable bonds is 5. The minimum absolute atomic E-state index is 0.0588. The van der Waals surface area contributed by atoms with E-state index in [4.69, 9.17) is 0 Å². The number of nitrogens with one attached hydrogen (secondary N) is 2. The summed E-state index contributed by atoms with van der Waals surface area (Å²) in [7, 11) is -1.49. The second kappa shape index (κ2) is 6.37. The first-order valence-electron chi connectivity index (χ1n) is 8.54. The average molecular weight is 371 g/mol. The van der Waals surface area contributed by atoms with Crippen molar-refractivity contribution in [2.75, 3.05) is 11.9 Å². The number of aromatic nitrogens is 3. The highest BCUT2D eigenvalue weighted by Crippen LogP contribution is 2.31. The van der Waals surface area contributed by atoms with Gasteiger partial charge in [0.25, 0.3) is 0 Å². The molecule has 26 heavy (non-hydrogen) atoms. The van der Waals surface area contributed by atoms with Gasteiger partial charge in [-0.05, 0) is 43.5 Å². The molecule has 7 nitrogen and oxygen atoms in total. The maximum Gasteiger partial charge on any atom is 0.240 e. The van der Waals surface area contributed by atoms with Crippen LogP contribution in [0.3, 0.4) is 0 Å². The minimum atomic E-state index is -3.48. The van der Waals surface area contributed by atoms with Crippen LogP contribution in [-0.2, 0) is 10.0 Å². The molecule has 1 aliphatic carbocycles. The maximum absolute atomic E-state index is 12.5. The molecule has 0 bridgehead atoms. The molecule has 4 rings (SSSR count). The molecule has 136 valence electrons. The molecular formula is C18H21N5O2S. The van der Waals surface area contributed by atoms with E-state index in [2.05, 4.69) is 24.6 Å². The van der Waals surface area contributed by atoms with Crippen LogP contribution in [0, 0.1) is 6.92 Å². The molecule has 0 amide bonds. The van der Waals surface area contributed by atoms with Crippen LogP contribution < -0.4 is 9.62 Å². The van der Waals surface area contributed by atoms with Gasteiger partial charge in [-0.2, -0.15) is 0 Å². The zero-order valence-electron chi connectivity index (χ0n) is 14.7. The number of sulfonamides is 1. The van der Waals surface area contributed by atoms with Gasteiger partial charge in [0, 0.05) is 25.3 Å². The lowest BCUT2D eigenvalue weighted by atomic mass is 9.86. The Hall–Kier alpha value is -2.45. The number of hydrogen-bond donors (Lipinski definition) is 2. The zero-order chi connectivity index (χ0) is 18.3. The van der Waals surface area contributed by atoms with Crippen molar-refractivity contribution in [1.82, 2.24) is 19.7 Å². The van der Waals surface area contributed by atoms with Crippen LogP contribution >= 0.6 is 0 Å². The summed E-state index contributed by atoms with van der Waals surface area (Å²) >= 11 is 0. The summed E-state index contributed by atoms with van der Waals surface area (Å²) in [4.78, 5) is 14.1. The molecule has 0 unspecified atom stereocenters. The summed E-state index contributed by atoms with van der Waals surface area (Å²) in [5, 5.41) is 0.971. The fourth-order valence-electron chi connectivity index (χ4n) is 3.38. The Morgan fingerprint density at radius 3 is 2.81 bits per heavy atom. The Labute approximate surface area is 152 Å². The van der Waals surface area contributed by atoms with Gasteiger partial charge in [0.15, 0.2) is 0 Å². The summed E-state index contributed by atoms with van der Waals surface area (Å²) in [5.74, 6) is 0.862. The van der Waals surface area contributed by atoms with E-state index in [0.717, 1.165) is 35.3 Å². The van der Waals surface area contributed by atoms with Crippen molar-refractivity contribution in [3.05, 3.63) is 48.4 Å². The Kier molecular flexibility index (Phi) is 4.16. The van der Waals surface area contributed by atoms with Gasteiger partial charge in [0.2, 0.25) is 10.0 Å². The van der Waals surface area contributed by atoms with Crippen LogP contribution in [0.5, 0.6) is 0 Å². The van der Waals surface area contributed by atoms with Gasteiger partial charge < -0.3 is 9.88 Å². The third-order valence-electron chi connectivity index (χ3n) is 4.95. The summed E-state index contributed by atoms with van der Waals surface area (Å²) in [5.41, 5.74) is 1.73. The molecule has 1 saturated carbocycles. The first-order chi connectivity index (χ1) is 12.4. The second-order valence-electron chi connectivity index (χ2n) is 6.81. The predicted molar refractivity (Wildman–Crippen MR) is 101 cm³/mol. The molecule has 0 atom stereocenters. The Balaban J connectivity index is 1.43. The van der Waals surface area contributed by atoms with E-state index >= 15 is 0 Å². The van der Waals surface area contributed by atoms with E-state index in [1.807, 2.05) is 32.3 Å². The number of nitrogens with zero attached hydrogens (tertiary/aromatic N) is 3. The van der Waals surface area contributed by atoms with Gasteiger partial charge in [0.1, 0.15) is 17.8 Å². The van der Waals surface area contributed by atoms with Gasteiger partial charge in [-0.3, -0.25) is 0 Å². The molecular weight excluding hydrogens is 350 g/mol. The lowest BCUT2D eigenvalue weighted by molar-refractivity contribution is 0.316. The lowest BCUT2D eigenvalue weighted by Crippen LogP contribution is -2.53. The smallest absolute Gasteiger partial charge is 0.240 e. The number of fused-ring (bicyclic) bond motifs is 1. The van der Waals surface area contributed by atoms with E-state index in [9.17, 15) is 8.42 Å². The molecule has 0 radical (unpaired) electrons. The summed E-state index contributed by atoms with van der Waals surface area (Å²) in [6, 6.07) is 9.10. The molecule has 8 heteroatoms. The highest BCUT2D eigenvalue weighted by molar-refractivity contribution is 7.89. The third kappa shape index (κ3) is 3.06. The molecule has 1 aromatic carbocycles. The van der Waals surface area contributed by atoms with E-state index in [-0.39, 0.29) is 12.1 Å². The highest BCUT2D eigenvalue weighted by Gasteiger charge is 2.36. The number of aryl methyl sites for hydroxylation is 1. The maximum atomic E-state index is 12.5. The fourth-order valence-corrected chi connectivity index (χ4v) is 4.75. The fraction of sp³-hybridized carbons (Fsp3) is 0.333. The van der Waals surface area contributed by atoms with Crippen molar-refractivity contribution in [1.29, 1.82) is 0 Å². The van der Waals surface area contributed by atoms with Gasteiger partial charge in [0.05, 0.1) is 10.3 Å². The van der Waals surface area contributed by atoms with Gasteiger partial charge in [-0.25, -0.2) is 23.1 Å². The molecule has 2 aromatic heterocycles. The highest BCUT2D eigenvalue weighted by atomic mass is 32.2. The first kappa shape index (κ1) is 17.0. The van der Waals surface area contributed by atoms with E-state index in [1.54, 1.807) is 24.5 Å². The van der Waals surface area contributed by atoms with Crippen LogP contribution in [0.1, 0.15) is 18.4 Å². The summed E-state index contributed by atoms with van der Waals surface area (Å²) in [6.45, 7) is 1.89. The number of hydrogen-bond acceptors (Lipinski definition) is 5. The molecule has 0 aliphatic heterocycles. The van der Waals surface area contributed by atoms with E-state index < -0.39 is 10.0 Å². The van der Waals surface area contributed by atoms with Crippen molar-refractivity contribution in [3.8, 4) is 0 Å². The van der Waals surface area contributed by atoms with Crippen LogP contribution in [0.25, 0.3) is 11.0 Å². The molecule has 0 spiro atoms. The SMILES string of the molecule is Cc1cccc(S(=O)(=O)NC2CC(N(C)c3ncnc4[nH]ccc34)C2)c1. The molecule has 1 fully saturated rings. The molecule has 3 aromatic rings. The van der Waals surface area contributed by atoms with E-state index in [0.29, 0.717) is 4.90 Å². The van der Waals surface area contributed by atoms with Gasteiger partial charge in [-0.15, -0.1) is 0 Å². The molecule has 0 saturated heterocycles. The quantitative estimate of drug-likeness (QED) is 0.718.